The summed E-state index contributed by atoms with van der Waals surface area (Å²) in [4.78, 5) is 30.8. The van der Waals surface area contributed by atoms with Crippen LogP contribution < -0.4 is 15.6 Å². The smallest absolute Gasteiger partial charge is 0.251 e. The molecule has 0 saturated heterocycles. The van der Waals surface area contributed by atoms with Gasteiger partial charge in [-0.2, -0.15) is 0 Å². The Hall–Kier alpha value is -2.31. The summed E-state index contributed by atoms with van der Waals surface area (Å²) in [5, 5.41) is 3.58. The number of halogens is 1. The van der Waals surface area contributed by atoms with Crippen LogP contribution in [0.4, 0.5) is 5.69 Å². The van der Waals surface area contributed by atoms with Crippen molar-refractivity contribution in [3.05, 3.63) is 61.5 Å². The molecule has 190 valence electrons. The molecule has 0 bridgehead atoms. The lowest BCUT2D eigenvalue weighted by Gasteiger charge is -2.40. The predicted molar refractivity (Wildman–Crippen MR) is 144 cm³/mol. The molecule has 7 heteroatoms. The first-order valence-corrected chi connectivity index (χ1v) is 13.3. The fraction of sp³-hybridized carbons (Fsp3) is 0.571. The van der Waals surface area contributed by atoms with Gasteiger partial charge in [-0.3, -0.25) is 9.59 Å². The number of carbonyl (C=O) groups excluding carboxylic acids is 1. The summed E-state index contributed by atoms with van der Waals surface area (Å²) in [6.45, 7) is 8.19. The first kappa shape index (κ1) is 25.8. The number of anilines is 1. The van der Waals surface area contributed by atoms with Crippen LogP contribution in [-0.2, 0) is 19.5 Å². The van der Waals surface area contributed by atoms with E-state index >= 15 is 0 Å². The normalized spacial score (nSPS) is 19.6. The minimum atomic E-state index is -0.185. The SMILES string of the molecule is CCN(c1cc(Cl)cc(C(=O)NCc2c3n(c(C)cc2=O)CCC3)c1C)[C@H]1CC[C@H](N(C)C)CC1. The molecule has 4 rings (SSSR count). The van der Waals surface area contributed by atoms with Crippen molar-refractivity contribution in [2.75, 3.05) is 25.5 Å². The average Bonchev–Trinajstić information content (AvgIpc) is 3.32. The summed E-state index contributed by atoms with van der Waals surface area (Å²) in [6, 6.07) is 6.51. The van der Waals surface area contributed by atoms with Gasteiger partial charge in [0, 0.05) is 71.0 Å². The fourth-order valence-electron chi connectivity index (χ4n) is 6.04. The van der Waals surface area contributed by atoms with E-state index < -0.39 is 0 Å². The zero-order chi connectivity index (χ0) is 25.3. The van der Waals surface area contributed by atoms with Gasteiger partial charge in [-0.25, -0.2) is 0 Å². The molecule has 0 atom stereocenters. The number of hydrogen-bond donors (Lipinski definition) is 1. The Bertz CT molecular complexity index is 1150. The Labute approximate surface area is 214 Å². The molecule has 2 heterocycles. The highest BCUT2D eigenvalue weighted by Crippen LogP contribution is 2.34. The summed E-state index contributed by atoms with van der Waals surface area (Å²) < 4.78 is 2.20. The van der Waals surface area contributed by atoms with Gasteiger partial charge in [0.05, 0.1) is 0 Å². The number of aromatic nitrogens is 1. The first-order valence-electron chi connectivity index (χ1n) is 12.9. The number of pyridine rings is 1. The lowest BCUT2D eigenvalue weighted by Crippen LogP contribution is -2.42. The molecule has 1 amide bonds. The number of hydrogen-bond acceptors (Lipinski definition) is 4. The minimum absolute atomic E-state index is 0.00457. The van der Waals surface area contributed by atoms with E-state index in [1.165, 1.54) is 12.8 Å². The topological polar surface area (TPSA) is 57.6 Å². The molecule has 1 aromatic heterocycles. The number of fused-ring (bicyclic) bond motifs is 1. The number of aryl methyl sites for hydroxylation is 1. The fourth-order valence-corrected chi connectivity index (χ4v) is 6.25. The van der Waals surface area contributed by atoms with E-state index in [-0.39, 0.29) is 17.9 Å². The zero-order valence-corrected chi connectivity index (χ0v) is 22.5. The number of nitrogens with zero attached hydrogens (tertiary/aromatic N) is 3. The van der Waals surface area contributed by atoms with E-state index in [0.717, 1.165) is 61.4 Å². The van der Waals surface area contributed by atoms with Crippen molar-refractivity contribution in [2.45, 2.75) is 84.5 Å². The Balaban J connectivity index is 1.55. The lowest BCUT2D eigenvalue weighted by molar-refractivity contribution is 0.0950. The molecule has 2 aromatic rings. The molecule has 1 aromatic carbocycles. The standard InChI is InChI=1S/C28H39ClN4O2/c1-6-32(22-11-9-21(10-12-22)31(4)5)26-16-20(29)15-23(19(26)3)28(35)30-17-24-25-8-7-13-33(25)18(2)14-27(24)34/h14-16,21-22H,6-13,17H2,1-5H3,(H,30,35)/t21-,22-. The van der Waals surface area contributed by atoms with Crippen molar-refractivity contribution < 1.29 is 4.79 Å². The third-order valence-corrected chi connectivity index (χ3v) is 8.25. The van der Waals surface area contributed by atoms with Crippen molar-refractivity contribution in [3.63, 3.8) is 0 Å². The number of carbonyl (C=O) groups is 1. The molecular weight excluding hydrogens is 460 g/mol. The van der Waals surface area contributed by atoms with Gasteiger partial charge in [0.1, 0.15) is 0 Å². The van der Waals surface area contributed by atoms with Gasteiger partial charge < -0.3 is 19.7 Å². The number of nitrogens with one attached hydrogen (secondary N) is 1. The van der Waals surface area contributed by atoms with E-state index in [1.54, 1.807) is 12.1 Å². The molecule has 35 heavy (non-hydrogen) atoms. The maximum atomic E-state index is 13.3. The van der Waals surface area contributed by atoms with Gasteiger partial charge in [-0.15, -0.1) is 0 Å². The summed E-state index contributed by atoms with van der Waals surface area (Å²) in [5.74, 6) is -0.185. The zero-order valence-electron chi connectivity index (χ0n) is 21.8. The van der Waals surface area contributed by atoms with E-state index in [2.05, 4.69) is 40.7 Å². The van der Waals surface area contributed by atoms with Crippen molar-refractivity contribution in [1.82, 2.24) is 14.8 Å². The Morgan fingerprint density at radius 2 is 1.80 bits per heavy atom. The lowest BCUT2D eigenvalue weighted by atomic mass is 9.89. The van der Waals surface area contributed by atoms with E-state index in [0.29, 0.717) is 28.2 Å². The molecule has 1 fully saturated rings. The summed E-state index contributed by atoms with van der Waals surface area (Å²) >= 11 is 6.54. The largest absolute Gasteiger partial charge is 0.369 e. The molecule has 1 aliphatic carbocycles. The van der Waals surface area contributed by atoms with Crippen molar-refractivity contribution >= 4 is 23.2 Å². The number of rotatable bonds is 7. The molecule has 2 aliphatic rings. The first-order chi connectivity index (χ1) is 16.7. The van der Waals surface area contributed by atoms with Crippen LogP contribution >= 0.6 is 11.6 Å². The van der Waals surface area contributed by atoms with Crippen LogP contribution in [-0.4, -0.2) is 48.1 Å². The second kappa shape index (κ2) is 10.8. The van der Waals surface area contributed by atoms with Crippen LogP contribution in [0, 0.1) is 13.8 Å². The molecule has 0 spiro atoms. The maximum Gasteiger partial charge on any atom is 0.251 e. The Kier molecular flexibility index (Phi) is 7.92. The van der Waals surface area contributed by atoms with E-state index in [4.69, 9.17) is 11.6 Å². The highest BCUT2D eigenvalue weighted by molar-refractivity contribution is 6.31. The van der Waals surface area contributed by atoms with Gasteiger partial charge in [-0.1, -0.05) is 11.6 Å². The Morgan fingerprint density at radius 1 is 1.11 bits per heavy atom. The summed E-state index contributed by atoms with van der Waals surface area (Å²) in [6.07, 6.45) is 6.53. The van der Waals surface area contributed by atoms with Gasteiger partial charge >= 0.3 is 0 Å². The van der Waals surface area contributed by atoms with Gasteiger partial charge in [0.2, 0.25) is 0 Å². The maximum absolute atomic E-state index is 13.3. The van der Waals surface area contributed by atoms with E-state index in [1.807, 2.05) is 19.9 Å². The van der Waals surface area contributed by atoms with Crippen LogP contribution in [0.1, 0.15) is 71.9 Å². The molecule has 1 saturated carbocycles. The van der Waals surface area contributed by atoms with Crippen molar-refractivity contribution in [1.29, 1.82) is 0 Å². The third-order valence-electron chi connectivity index (χ3n) is 8.04. The average molecular weight is 499 g/mol. The molecule has 0 radical (unpaired) electrons. The van der Waals surface area contributed by atoms with Gasteiger partial charge in [0.25, 0.3) is 5.91 Å². The summed E-state index contributed by atoms with van der Waals surface area (Å²) in [5.41, 5.74) is 5.32. The minimum Gasteiger partial charge on any atom is -0.369 e. The predicted octanol–water partition coefficient (Wildman–Crippen LogP) is 4.69. The quantitative estimate of drug-likeness (QED) is 0.601. The van der Waals surface area contributed by atoms with Crippen LogP contribution in [0.15, 0.2) is 23.0 Å². The highest BCUT2D eigenvalue weighted by Gasteiger charge is 2.28. The van der Waals surface area contributed by atoms with Crippen LogP contribution in [0.2, 0.25) is 5.02 Å². The van der Waals surface area contributed by atoms with Crippen LogP contribution in [0.5, 0.6) is 0 Å². The summed E-state index contributed by atoms with van der Waals surface area (Å²) in [7, 11) is 4.32. The van der Waals surface area contributed by atoms with Gasteiger partial charge in [0.15, 0.2) is 5.43 Å². The van der Waals surface area contributed by atoms with Crippen LogP contribution in [0.25, 0.3) is 0 Å². The molecule has 1 N–H and O–H groups in total. The molecule has 1 aliphatic heterocycles. The second-order valence-electron chi connectivity index (χ2n) is 10.3. The van der Waals surface area contributed by atoms with E-state index in [9.17, 15) is 9.59 Å². The monoisotopic (exact) mass is 498 g/mol. The molecule has 0 unspecified atom stereocenters. The van der Waals surface area contributed by atoms with Crippen molar-refractivity contribution in [3.8, 4) is 0 Å². The Morgan fingerprint density at radius 3 is 2.46 bits per heavy atom. The molecular formula is C28H39ClN4O2. The van der Waals surface area contributed by atoms with Crippen molar-refractivity contribution in [2.24, 2.45) is 0 Å². The molecule has 6 nitrogen and oxygen atoms in total. The number of benzene rings is 1. The number of amides is 1. The highest BCUT2D eigenvalue weighted by atomic mass is 35.5. The van der Waals surface area contributed by atoms with Gasteiger partial charge in [-0.05, 0) is 91.1 Å². The second-order valence-corrected chi connectivity index (χ2v) is 10.8. The van der Waals surface area contributed by atoms with Crippen LogP contribution in [0.3, 0.4) is 0 Å². The third kappa shape index (κ3) is 5.29.